The molecule has 5 atom stereocenters. The fourth-order valence-electron chi connectivity index (χ4n) is 6.88. The Hall–Kier alpha value is 0.600. The average Bonchev–Trinajstić information content (AvgIpc) is 2.74. The molecule has 4 unspecified atom stereocenters. The number of nitrogens with one attached hydrogen (secondary N) is 2. The standard InChI is InChI=1S/C26H46Cl2F3N3S/c1-17(2)24(32-14-18-11-21(28)13-22(12-18)33-35-26(29,30)31)15-34-10-9-23(25(3,4)16-34)19-5-7-20(27)8-6-19/h17-24,32-33H,5-16H2,1-4H3/t18?,19?,20?,21?,22?,23?,24-/m0/s1. The predicted octanol–water partition coefficient (Wildman–Crippen LogP) is 7.28. The highest BCUT2D eigenvalue weighted by molar-refractivity contribution is 7.98. The van der Waals surface area contributed by atoms with E-state index in [4.69, 9.17) is 23.2 Å². The molecule has 3 nitrogen and oxygen atoms in total. The Morgan fingerprint density at radius 2 is 1.69 bits per heavy atom. The summed E-state index contributed by atoms with van der Waals surface area (Å²) >= 11 is 12.7. The molecule has 0 radical (unpaired) electrons. The summed E-state index contributed by atoms with van der Waals surface area (Å²) in [5, 5.41) is 4.08. The minimum absolute atomic E-state index is 0.0759. The molecule has 9 heteroatoms. The summed E-state index contributed by atoms with van der Waals surface area (Å²) < 4.78 is 40.5. The van der Waals surface area contributed by atoms with Crippen LogP contribution in [-0.2, 0) is 0 Å². The molecule has 35 heavy (non-hydrogen) atoms. The van der Waals surface area contributed by atoms with Crippen molar-refractivity contribution < 1.29 is 13.2 Å². The van der Waals surface area contributed by atoms with Crippen LogP contribution in [0.5, 0.6) is 0 Å². The van der Waals surface area contributed by atoms with Gasteiger partial charge in [0.2, 0.25) is 0 Å². The third-order valence-corrected chi connectivity index (χ3v) is 10.2. The van der Waals surface area contributed by atoms with Gasteiger partial charge in [0.1, 0.15) is 0 Å². The van der Waals surface area contributed by atoms with Crippen LogP contribution in [0.4, 0.5) is 13.2 Å². The Kier molecular flexibility index (Phi) is 11.3. The maximum Gasteiger partial charge on any atom is 0.456 e. The molecule has 1 aliphatic heterocycles. The quantitative estimate of drug-likeness (QED) is 0.229. The van der Waals surface area contributed by atoms with Crippen LogP contribution in [0.15, 0.2) is 0 Å². The Labute approximate surface area is 225 Å². The molecule has 2 N–H and O–H groups in total. The highest BCUT2D eigenvalue weighted by Gasteiger charge is 2.41. The van der Waals surface area contributed by atoms with Crippen molar-refractivity contribution in [3.63, 3.8) is 0 Å². The van der Waals surface area contributed by atoms with Crippen LogP contribution in [0.3, 0.4) is 0 Å². The van der Waals surface area contributed by atoms with E-state index in [1.165, 1.54) is 19.3 Å². The molecule has 1 saturated heterocycles. The first-order chi connectivity index (χ1) is 16.3. The van der Waals surface area contributed by atoms with Crippen LogP contribution >= 0.6 is 35.1 Å². The van der Waals surface area contributed by atoms with Crippen molar-refractivity contribution in [3.05, 3.63) is 0 Å². The molecule has 206 valence electrons. The fourth-order valence-corrected chi connectivity index (χ4v) is 8.09. The zero-order valence-corrected chi connectivity index (χ0v) is 24.2. The van der Waals surface area contributed by atoms with E-state index >= 15 is 0 Å². The van der Waals surface area contributed by atoms with E-state index in [0.29, 0.717) is 29.2 Å². The molecule has 0 spiro atoms. The molecule has 3 rings (SSSR count). The number of halogens is 5. The second-order valence-electron chi connectivity index (χ2n) is 12.4. The van der Waals surface area contributed by atoms with E-state index in [2.05, 4.69) is 42.6 Å². The molecule has 3 aliphatic rings. The van der Waals surface area contributed by atoms with E-state index in [0.717, 1.165) is 63.7 Å². The molecule has 2 saturated carbocycles. The lowest BCUT2D eigenvalue weighted by Gasteiger charge is -2.49. The number of piperidine rings is 1. The number of hydrogen-bond acceptors (Lipinski definition) is 4. The van der Waals surface area contributed by atoms with E-state index in [-0.39, 0.29) is 29.3 Å². The summed E-state index contributed by atoms with van der Waals surface area (Å²) in [5.74, 6) is 2.36. The molecule has 0 bridgehead atoms. The predicted molar refractivity (Wildman–Crippen MR) is 144 cm³/mol. The van der Waals surface area contributed by atoms with Gasteiger partial charge in [0.15, 0.2) is 0 Å². The number of nitrogens with zero attached hydrogens (tertiary/aromatic N) is 1. The zero-order valence-electron chi connectivity index (χ0n) is 21.8. The third kappa shape index (κ3) is 9.69. The van der Waals surface area contributed by atoms with Crippen LogP contribution in [0.1, 0.15) is 79.1 Å². The van der Waals surface area contributed by atoms with Crippen LogP contribution in [0, 0.1) is 29.1 Å². The minimum atomic E-state index is -4.26. The Morgan fingerprint density at radius 3 is 2.29 bits per heavy atom. The minimum Gasteiger partial charge on any atom is -0.312 e. The highest BCUT2D eigenvalue weighted by atomic mass is 35.5. The van der Waals surface area contributed by atoms with Gasteiger partial charge >= 0.3 is 5.51 Å². The van der Waals surface area contributed by atoms with Gasteiger partial charge in [-0.2, -0.15) is 13.2 Å². The first kappa shape index (κ1) is 30.1. The monoisotopic (exact) mass is 559 g/mol. The molecule has 0 aromatic rings. The van der Waals surface area contributed by atoms with E-state index in [1.54, 1.807) is 0 Å². The second kappa shape index (κ2) is 13.1. The Morgan fingerprint density at radius 1 is 1.00 bits per heavy atom. The SMILES string of the molecule is CC(C)[C@H](CN1CCC(C2CCC(Cl)CC2)C(C)(C)C1)NCC1CC(Cl)CC(NSC(F)(F)F)C1. The Bertz CT molecular complexity index is 644. The van der Waals surface area contributed by atoms with Gasteiger partial charge in [-0.05, 0) is 93.5 Å². The first-order valence-corrected chi connectivity index (χ1v) is 15.3. The normalized spacial score (nSPS) is 35.8. The van der Waals surface area contributed by atoms with Crippen molar-refractivity contribution in [2.75, 3.05) is 26.2 Å². The van der Waals surface area contributed by atoms with Crippen LogP contribution in [0.25, 0.3) is 0 Å². The highest BCUT2D eigenvalue weighted by Crippen LogP contribution is 2.45. The summed E-state index contributed by atoms with van der Waals surface area (Å²) in [5.41, 5.74) is -3.96. The van der Waals surface area contributed by atoms with Gasteiger partial charge < -0.3 is 10.2 Å². The summed E-state index contributed by atoms with van der Waals surface area (Å²) in [6, 6.07) is 0.163. The topological polar surface area (TPSA) is 27.3 Å². The fraction of sp³-hybridized carbons (Fsp3) is 1.00. The number of hydrogen-bond donors (Lipinski definition) is 2. The molecule has 0 aromatic carbocycles. The third-order valence-electron chi connectivity index (χ3n) is 8.68. The van der Waals surface area contributed by atoms with Gasteiger partial charge in [-0.15, -0.1) is 23.2 Å². The van der Waals surface area contributed by atoms with E-state index in [1.807, 2.05) is 0 Å². The van der Waals surface area contributed by atoms with Crippen molar-refractivity contribution in [1.82, 2.24) is 14.9 Å². The molecule has 3 fully saturated rings. The van der Waals surface area contributed by atoms with Crippen molar-refractivity contribution in [2.24, 2.45) is 29.1 Å². The average molecular weight is 561 g/mol. The lowest BCUT2D eigenvalue weighted by molar-refractivity contribution is -0.0339. The van der Waals surface area contributed by atoms with E-state index < -0.39 is 5.51 Å². The van der Waals surface area contributed by atoms with Gasteiger partial charge in [0.05, 0.1) is 0 Å². The summed E-state index contributed by atoms with van der Waals surface area (Å²) in [6.45, 7) is 13.5. The largest absolute Gasteiger partial charge is 0.456 e. The number of likely N-dealkylation sites (tertiary alicyclic amines) is 1. The van der Waals surface area contributed by atoms with Crippen LogP contribution in [-0.4, -0.2) is 59.4 Å². The second-order valence-corrected chi connectivity index (χ2v) is 14.6. The van der Waals surface area contributed by atoms with E-state index in [9.17, 15) is 13.2 Å². The maximum atomic E-state index is 12.6. The molecule has 0 amide bonds. The lowest BCUT2D eigenvalue weighted by atomic mass is 9.64. The molecule has 1 heterocycles. The van der Waals surface area contributed by atoms with Crippen LogP contribution < -0.4 is 10.0 Å². The van der Waals surface area contributed by atoms with Crippen molar-refractivity contribution in [1.29, 1.82) is 0 Å². The Balaban J connectivity index is 1.48. The van der Waals surface area contributed by atoms with Crippen molar-refractivity contribution in [2.45, 2.75) is 107 Å². The summed E-state index contributed by atoms with van der Waals surface area (Å²) in [7, 11) is 0. The van der Waals surface area contributed by atoms with Gasteiger partial charge in [-0.1, -0.05) is 27.7 Å². The van der Waals surface area contributed by atoms with Gasteiger partial charge in [-0.25, -0.2) is 0 Å². The zero-order chi connectivity index (χ0) is 25.8. The first-order valence-electron chi connectivity index (χ1n) is 13.6. The van der Waals surface area contributed by atoms with Gasteiger partial charge in [0, 0.05) is 47.9 Å². The number of rotatable bonds is 9. The smallest absolute Gasteiger partial charge is 0.312 e. The molecular formula is C26H46Cl2F3N3S. The van der Waals surface area contributed by atoms with Crippen LogP contribution in [0.2, 0.25) is 0 Å². The molecule has 0 aromatic heterocycles. The molecule has 2 aliphatic carbocycles. The van der Waals surface area contributed by atoms with Crippen molar-refractivity contribution in [3.8, 4) is 0 Å². The number of alkyl halides is 5. The van der Waals surface area contributed by atoms with Gasteiger partial charge in [-0.3, -0.25) is 4.72 Å². The maximum absolute atomic E-state index is 12.6. The molecular weight excluding hydrogens is 514 g/mol. The van der Waals surface area contributed by atoms with Gasteiger partial charge in [0.25, 0.3) is 0 Å². The van der Waals surface area contributed by atoms with Crippen molar-refractivity contribution >= 4 is 35.1 Å². The summed E-state index contributed by atoms with van der Waals surface area (Å²) in [4.78, 5) is 2.64. The summed E-state index contributed by atoms with van der Waals surface area (Å²) in [6.07, 6.45) is 8.32. The lowest BCUT2D eigenvalue weighted by Crippen LogP contribution is -2.53.